The van der Waals surface area contributed by atoms with Gasteiger partial charge in [-0.25, -0.2) is 0 Å². The van der Waals surface area contributed by atoms with Crippen LogP contribution in [0.1, 0.15) is 58.8 Å². The summed E-state index contributed by atoms with van der Waals surface area (Å²) in [5.74, 6) is 0.715. The van der Waals surface area contributed by atoms with Crippen LogP contribution < -0.4 is 5.32 Å². The van der Waals surface area contributed by atoms with Crippen LogP contribution in [0.2, 0.25) is 0 Å². The highest BCUT2D eigenvalue weighted by Gasteiger charge is 2.36. The van der Waals surface area contributed by atoms with Gasteiger partial charge in [-0.3, -0.25) is 0 Å². The molecular weight excluding hydrogens is 260 g/mol. The average molecular weight is 296 g/mol. The number of piperidine rings is 1. The van der Waals surface area contributed by atoms with Crippen molar-refractivity contribution in [3.8, 4) is 0 Å². The number of rotatable bonds is 7. The van der Waals surface area contributed by atoms with E-state index < -0.39 is 0 Å². The van der Waals surface area contributed by atoms with E-state index in [0.717, 1.165) is 6.54 Å². The lowest BCUT2D eigenvalue weighted by Gasteiger charge is -2.45. The van der Waals surface area contributed by atoms with Crippen molar-refractivity contribution < 1.29 is 4.74 Å². The van der Waals surface area contributed by atoms with Crippen molar-refractivity contribution in [1.82, 2.24) is 10.2 Å². The summed E-state index contributed by atoms with van der Waals surface area (Å²) < 4.78 is 5.70. The first kappa shape index (κ1) is 17.2. The van der Waals surface area contributed by atoms with Crippen molar-refractivity contribution in [3.05, 3.63) is 0 Å². The second-order valence-corrected chi connectivity index (χ2v) is 7.51. The van der Waals surface area contributed by atoms with Gasteiger partial charge in [0.15, 0.2) is 0 Å². The lowest BCUT2D eigenvalue weighted by molar-refractivity contribution is -0.0227. The summed E-state index contributed by atoms with van der Waals surface area (Å²) in [6.07, 6.45) is 10.1. The molecule has 0 radical (unpaired) electrons. The van der Waals surface area contributed by atoms with Gasteiger partial charge in [0.2, 0.25) is 0 Å². The van der Waals surface area contributed by atoms with Crippen LogP contribution in [0.4, 0.5) is 0 Å². The number of hydrogen-bond donors (Lipinski definition) is 1. The maximum atomic E-state index is 5.70. The summed E-state index contributed by atoms with van der Waals surface area (Å²) in [6, 6.07) is 0. The Kier molecular flexibility index (Phi) is 6.97. The van der Waals surface area contributed by atoms with Crippen molar-refractivity contribution in [2.75, 3.05) is 39.8 Å². The van der Waals surface area contributed by atoms with E-state index in [1.807, 2.05) is 7.11 Å². The molecule has 2 aliphatic rings. The smallest absolute Gasteiger partial charge is 0.0724 e. The molecule has 0 aromatic rings. The molecule has 1 aliphatic heterocycles. The monoisotopic (exact) mass is 296 g/mol. The summed E-state index contributed by atoms with van der Waals surface area (Å²) in [7, 11) is 1.88. The molecule has 0 aromatic heterocycles. The highest BCUT2D eigenvalue weighted by Crippen LogP contribution is 2.37. The third-order valence-electron chi connectivity index (χ3n) is 5.68. The predicted octanol–water partition coefficient (Wildman–Crippen LogP) is 3.29. The first-order chi connectivity index (χ1) is 10.2. The molecule has 1 N–H and O–H groups in total. The van der Waals surface area contributed by atoms with Gasteiger partial charge in [0.1, 0.15) is 0 Å². The summed E-state index contributed by atoms with van der Waals surface area (Å²) in [6.45, 7) is 10.6. The van der Waals surface area contributed by atoms with Gasteiger partial charge >= 0.3 is 0 Å². The topological polar surface area (TPSA) is 24.5 Å². The minimum absolute atomic E-state index is 0.433. The van der Waals surface area contributed by atoms with Gasteiger partial charge in [0, 0.05) is 26.7 Å². The van der Waals surface area contributed by atoms with E-state index in [0.29, 0.717) is 17.4 Å². The minimum Gasteiger partial charge on any atom is -0.380 e. The third kappa shape index (κ3) is 4.94. The van der Waals surface area contributed by atoms with Gasteiger partial charge < -0.3 is 15.0 Å². The molecule has 1 saturated carbocycles. The van der Waals surface area contributed by atoms with Crippen LogP contribution >= 0.6 is 0 Å². The van der Waals surface area contributed by atoms with Crippen molar-refractivity contribution in [2.45, 2.75) is 64.9 Å². The van der Waals surface area contributed by atoms with Crippen LogP contribution in [0.3, 0.4) is 0 Å². The normalized spacial score (nSPS) is 30.4. The van der Waals surface area contributed by atoms with Gasteiger partial charge in [0.25, 0.3) is 0 Å². The molecule has 2 unspecified atom stereocenters. The van der Waals surface area contributed by atoms with Crippen molar-refractivity contribution >= 4 is 0 Å². The van der Waals surface area contributed by atoms with Crippen molar-refractivity contribution in [3.63, 3.8) is 0 Å². The van der Waals surface area contributed by atoms with E-state index in [9.17, 15) is 0 Å². The standard InChI is InChI=1S/C18H36N2O/c1-4-11-19-14-18(9-6-5-7-10-18)15-20-12-8-16(2)17(13-20)21-3/h16-17,19H,4-15H2,1-3H3. The Morgan fingerprint density at radius 2 is 2.00 bits per heavy atom. The Balaban J connectivity index is 1.91. The summed E-state index contributed by atoms with van der Waals surface area (Å²) in [5, 5.41) is 3.71. The van der Waals surface area contributed by atoms with Crippen LogP contribution in [0.5, 0.6) is 0 Å². The van der Waals surface area contributed by atoms with Crippen LogP contribution in [0.25, 0.3) is 0 Å². The first-order valence-electron chi connectivity index (χ1n) is 9.15. The molecule has 0 bridgehead atoms. The Bertz CT molecular complexity index is 289. The second-order valence-electron chi connectivity index (χ2n) is 7.51. The summed E-state index contributed by atoms with van der Waals surface area (Å²) in [4.78, 5) is 2.69. The maximum absolute atomic E-state index is 5.70. The van der Waals surface area contributed by atoms with Crippen LogP contribution in [-0.4, -0.2) is 50.8 Å². The number of methoxy groups -OCH3 is 1. The van der Waals surface area contributed by atoms with E-state index >= 15 is 0 Å². The van der Waals surface area contributed by atoms with Crippen LogP contribution in [0.15, 0.2) is 0 Å². The maximum Gasteiger partial charge on any atom is 0.0724 e. The predicted molar refractivity (Wildman–Crippen MR) is 89.7 cm³/mol. The number of likely N-dealkylation sites (tertiary alicyclic amines) is 1. The van der Waals surface area contributed by atoms with Gasteiger partial charge in [-0.1, -0.05) is 33.1 Å². The lowest BCUT2D eigenvalue weighted by Crippen LogP contribution is -2.51. The quantitative estimate of drug-likeness (QED) is 0.730. The number of ether oxygens (including phenoxy) is 1. The molecule has 1 aliphatic carbocycles. The molecular formula is C18H36N2O. The van der Waals surface area contributed by atoms with Crippen LogP contribution in [-0.2, 0) is 4.74 Å². The number of nitrogens with one attached hydrogen (secondary N) is 1. The Morgan fingerprint density at radius 3 is 2.67 bits per heavy atom. The second kappa shape index (κ2) is 8.50. The molecule has 21 heavy (non-hydrogen) atoms. The molecule has 2 rings (SSSR count). The molecule has 0 amide bonds. The highest BCUT2D eigenvalue weighted by atomic mass is 16.5. The largest absolute Gasteiger partial charge is 0.380 e. The van der Waals surface area contributed by atoms with Gasteiger partial charge in [-0.05, 0) is 50.1 Å². The zero-order chi connectivity index (χ0) is 15.1. The lowest BCUT2D eigenvalue weighted by atomic mass is 9.73. The fourth-order valence-corrected chi connectivity index (χ4v) is 4.25. The highest BCUT2D eigenvalue weighted by molar-refractivity contribution is 4.90. The molecule has 3 heteroatoms. The van der Waals surface area contributed by atoms with E-state index in [2.05, 4.69) is 24.1 Å². The zero-order valence-corrected chi connectivity index (χ0v) is 14.5. The van der Waals surface area contributed by atoms with Gasteiger partial charge in [0.05, 0.1) is 6.10 Å². The van der Waals surface area contributed by atoms with Gasteiger partial charge in [-0.2, -0.15) is 0 Å². The first-order valence-corrected chi connectivity index (χ1v) is 9.15. The molecule has 0 spiro atoms. The minimum atomic E-state index is 0.433. The summed E-state index contributed by atoms with van der Waals surface area (Å²) >= 11 is 0. The van der Waals surface area contributed by atoms with Crippen LogP contribution in [0, 0.1) is 11.3 Å². The van der Waals surface area contributed by atoms with Gasteiger partial charge in [-0.15, -0.1) is 0 Å². The van der Waals surface area contributed by atoms with E-state index in [1.54, 1.807) is 0 Å². The molecule has 1 saturated heterocycles. The van der Waals surface area contributed by atoms with E-state index in [1.165, 1.54) is 71.1 Å². The fourth-order valence-electron chi connectivity index (χ4n) is 4.25. The summed E-state index contributed by atoms with van der Waals surface area (Å²) in [5.41, 5.74) is 0.520. The number of nitrogens with zero attached hydrogens (tertiary/aromatic N) is 1. The molecule has 2 fully saturated rings. The molecule has 2 atom stereocenters. The Morgan fingerprint density at radius 1 is 1.24 bits per heavy atom. The number of hydrogen-bond acceptors (Lipinski definition) is 3. The van der Waals surface area contributed by atoms with Crippen molar-refractivity contribution in [2.24, 2.45) is 11.3 Å². The average Bonchev–Trinajstić information content (AvgIpc) is 2.50. The van der Waals surface area contributed by atoms with E-state index in [-0.39, 0.29) is 0 Å². The SMILES string of the molecule is CCCNCC1(CN2CCC(C)C(OC)C2)CCCCC1. The molecule has 124 valence electrons. The zero-order valence-electron chi connectivity index (χ0n) is 14.5. The third-order valence-corrected chi connectivity index (χ3v) is 5.68. The Hall–Kier alpha value is -0.120. The molecule has 0 aromatic carbocycles. The van der Waals surface area contributed by atoms with Crippen molar-refractivity contribution in [1.29, 1.82) is 0 Å². The van der Waals surface area contributed by atoms with E-state index in [4.69, 9.17) is 4.74 Å². The molecule has 3 nitrogen and oxygen atoms in total. The molecule has 1 heterocycles. The fraction of sp³-hybridized carbons (Fsp3) is 1.00. The Labute approximate surface area is 131 Å².